The molecule has 118 valence electrons. The first-order valence-corrected chi connectivity index (χ1v) is 7.82. The molecule has 0 aliphatic carbocycles. The molecule has 0 spiro atoms. The van der Waals surface area contributed by atoms with Crippen LogP contribution in [-0.4, -0.2) is 34.1 Å². The molecule has 1 aromatic heterocycles. The summed E-state index contributed by atoms with van der Waals surface area (Å²) in [7, 11) is 0. The standard InChI is InChI=1S/C14H27N7/c1-10(2)6-7-11(3)16-12-17-13(20-15)19-14(18-12)21-8-4-5-9-21/h10-11H,4-9,15H2,1-3H3,(H2,16,17,18,19,20). The van der Waals surface area contributed by atoms with E-state index in [1.54, 1.807) is 0 Å². The second kappa shape index (κ2) is 7.40. The van der Waals surface area contributed by atoms with Crippen molar-refractivity contribution in [2.24, 2.45) is 11.8 Å². The van der Waals surface area contributed by atoms with E-state index in [1.165, 1.54) is 19.3 Å². The zero-order chi connectivity index (χ0) is 15.2. The Morgan fingerprint density at radius 3 is 2.33 bits per heavy atom. The molecule has 1 saturated heterocycles. The fourth-order valence-corrected chi connectivity index (χ4v) is 2.43. The van der Waals surface area contributed by atoms with Crippen molar-refractivity contribution >= 4 is 17.8 Å². The van der Waals surface area contributed by atoms with Crippen molar-refractivity contribution in [2.75, 3.05) is 28.7 Å². The third-order valence-electron chi connectivity index (χ3n) is 3.69. The number of nitrogens with zero attached hydrogens (tertiary/aromatic N) is 4. The summed E-state index contributed by atoms with van der Waals surface area (Å²) < 4.78 is 0. The fraction of sp³-hybridized carbons (Fsp3) is 0.786. The minimum Gasteiger partial charge on any atom is -0.352 e. The maximum atomic E-state index is 5.47. The van der Waals surface area contributed by atoms with Crippen LogP contribution in [0.5, 0.6) is 0 Å². The first-order valence-electron chi connectivity index (χ1n) is 7.82. The maximum Gasteiger partial charge on any atom is 0.243 e. The predicted octanol–water partition coefficient (Wildman–Crippen LogP) is 1.99. The zero-order valence-electron chi connectivity index (χ0n) is 13.3. The molecule has 2 heterocycles. The number of hydrogen-bond acceptors (Lipinski definition) is 7. The van der Waals surface area contributed by atoms with E-state index in [4.69, 9.17) is 5.84 Å². The van der Waals surface area contributed by atoms with E-state index in [9.17, 15) is 0 Å². The Hall–Kier alpha value is -1.63. The smallest absolute Gasteiger partial charge is 0.243 e. The van der Waals surface area contributed by atoms with Gasteiger partial charge in [-0.3, -0.25) is 5.43 Å². The van der Waals surface area contributed by atoms with Crippen molar-refractivity contribution in [2.45, 2.75) is 52.5 Å². The Bertz CT molecular complexity index is 443. The predicted molar refractivity (Wildman–Crippen MR) is 86.2 cm³/mol. The normalized spacial score (nSPS) is 16.3. The molecule has 7 nitrogen and oxygen atoms in total. The molecule has 2 rings (SSSR count). The van der Waals surface area contributed by atoms with E-state index in [-0.39, 0.29) is 0 Å². The Labute approximate surface area is 126 Å². The molecule has 4 N–H and O–H groups in total. The Morgan fingerprint density at radius 1 is 1.05 bits per heavy atom. The lowest BCUT2D eigenvalue weighted by Gasteiger charge is -2.19. The van der Waals surface area contributed by atoms with Gasteiger partial charge in [-0.15, -0.1) is 0 Å². The van der Waals surface area contributed by atoms with Crippen molar-refractivity contribution in [3.05, 3.63) is 0 Å². The van der Waals surface area contributed by atoms with E-state index >= 15 is 0 Å². The van der Waals surface area contributed by atoms with Crippen molar-refractivity contribution in [1.29, 1.82) is 0 Å². The van der Waals surface area contributed by atoms with Crippen LogP contribution in [0, 0.1) is 5.92 Å². The molecular formula is C14H27N7. The van der Waals surface area contributed by atoms with Crippen LogP contribution in [0.1, 0.15) is 46.5 Å². The van der Waals surface area contributed by atoms with Crippen molar-refractivity contribution < 1.29 is 0 Å². The minimum absolute atomic E-state index is 0.326. The SMILES string of the molecule is CC(C)CCC(C)Nc1nc(NN)nc(N2CCCC2)n1. The van der Waals surface area contributed by atoms with E-state index in [1.807, 2.05) is 0 Å². The highest BCUT2D eigenvalue weighted by molar-refractivity contribution is 5.44. The third-order valence-corrected chi connectivity index (χ3v) is 3.69. The first-order chi connectivity index (χ1) is 10.1. The Kier molecular flexibility index (Phi) is 5.55. The van der Waals surface area contributed by atoms with E-state index in [2.05, 4.69) is 51.4 Å². The average Bonchev–Trinajstić information content (AvgIpc) is 2.99. The van der Waals surface area contributed by atoms with Gasteiger partial charge in [-0.1, -0.05) is 13.8 Å². The van der Waals surface area contributed by atoms with Crippen LogP contribution in [0.4, 0.5) is 17.8 Å². The molecule has 0 aromatic carbocycles. The Morgan fingerprint density at radius 2 is 1.71 bits per heavy atom. The third kappa shape index (κ3) is 4.70. The number of hydrazine groups is 1. The van der Waals surface area contributed by atoms with E-state index < -0.39 is 0 Å². The minimum atomic E-state index is 0.326. The average molecular weight is 293 g/mol. The van der Waals surface area contributed by atoms with Gasteiger partial charge in [0.25, 0.3) is 0 Å². The molecule has 1 unspecified atom stereocenters. The second-order valence-corrected chi connectivity index (χ2v) is 6.14. The van der Waals surface area contributed by atoms with Gasteiger partial charge in [0.15, 0.2) is 0 Å². The van der Waals surface area contributed by atoms with Gasteiger partial charge in [0, 0.05) is 19.1 Å². The highest BCUT2D eigenvalue weighted by atomic mass is 15.4. The highest BCUT2D eigenvalue weighted by Gasteiger charge is 2.17. The summed E-state index contributed by atoms with van der Waals surface area (Å²) >= 11 is 0. The second-order valence-electron chi connectivity index (χ2n) is 6.14. The Balaban J connectivity index is 2.05. The number of hydrogen-bond donors (Lipinski definition) is 3. The van der Waals surface area contributed by atoms with Gasteiger partial charge in [0.1, 0.15) is 0 Å². The van der Waals surface area contributed by atoms with Crippen molar-refractivity contribution in [1.82, 2.24) is 15.0 Å². The van der Waals surface area contributed by atoms with Crippen molar-refractivity contribution in [3.63, 3.8) is 0 Å². The van der Waals surface area contributed by atoms with Crippen molar-refractivity contribution in [3.8, 4) is 0 Å². The summed E-state index contributed by atoms with van der Waals surface area (Å²) in [4.78, 5) is 15.3. The molecule has 1 aromatic rings. The molecular weight excluding hydrogens is 266 g/mol. The maximum absolute atomic E-state index is 5.47. The quantitative estimate of drug-likeness (QED) is 0.523. The number of anilines is 3. The van der Waals surface area contributed by atoms with Gasteiger partial charge in [0.05, 0.1) is 0 Å². The zero-order valence-corrected chi connectivity index (χ0v) is 13.3. The lowest BCUT2D eigenvalue weighted by atomic mass is 10.0. The van der Waals surface area contributed by atoms with Gasteiger partial charge in [0.2, 0.25) is 17.8 Å². The van der Waals surface area contributed by atoms with Gasteiger partial charge in [-0.25, -0.2) is 5.84 Å². The molecule has 1 aliphatic heterocycles. The summed E-state index contributed by atoms with van der Waals surface area (Å²) in [5.41, 5.74) is 2.53. The molecule has 1 atom stereocenters. The largest absolute Gasteiger partial charge is 0.352 e. The van der Waals surface area contributed by atoms with E-state index in [0.29, 0.717) is 29.8 Å². The topological polar surface area (TPSA) is 92.0 Å². The number of nitrogens with one attached hydrogen (secondary N) is 2. The molecule has 21 heavy (non-hydrogen) atoms. The number of nitrogen functional groups attached to an aromatic ring is 1. The van der Waals surface area contributed by atoms with Crippen LogP contribution >= 0.6 is 0 Å². The van der Waals surface area contributed by atoms with Crippen LogP contribution in [0.25, 0.3) is 0 Å². The lowest BCUT2D eigenvalue weighted by molar-refractivity contribution is 0.526. The molecule has 0 radical (unpaired) electrons. The van der Waals surface area contributed by atoms with Gasteiger partial charge < -0.3 is 10.2 Å². The fourth-order valence-electron chi connectivity index (χ4n) is 2.43. The summed E-state index contributed by atoms with van der Waals surface area (Å²) in [6.07, 6.45) is 4.64. The molecule has 1 aliphatic rings. The summed E-state index contributed by atoms with van der Waals surface area (Å²) in [6.45, 7) is 8.61. The lowest BCUT2D eigenvalue weighted by Crippen LogP contribution is -2.25. The highest BCUT2D eigenvalue weighted by Crippen LogP contribution is 2.19. The molecule has 0 bridgehead atoms. The summed E-state index contributed by atoms with van der Waals surface area (Å²) in [6, 6.07) is 0.326. The summed E-state index contributed by atoms with van der Waals surface area (Å²) in [5.74, 6) is 7.87. The van der Waals surface area contributed by atoms with Crippen LogP contribution in [0.3, 0.4) is 0 Å². The molecule has 0 amide bonds. The van der Waals surface area contributed by atoms with Gasteiger partial charge in [-0.05, 0) is 38.5 Å². The monoisotopic (exact) mass is 293 g/mol. The van der Waals surface area contributed by atoms with Gasteiger partial charge >= 0.3 is 0 Å². The van der Waals surface area contributed by atoms with Gasteiger partial charge in [-0.2, -0.15) is 15.0 Å². The molecule has 0 saturated carbocycles. The van der Waals surface area contributed by atoms with Crippen LogP contribution < -0.4 is 21.5 Å². The van der Waals surface area contributed by atoms with E-state index in [0.717, 1.165) is 19.5 Å². The number of aromatic nitrogens is 3. The molecule has 7 heteroatoms. The van der Waals surface area contributed by atoms with Crippen LogP contribution in [-0.2, 0) is 0 Å². The van der Waals surface area contributed by atoms with Crippen LogP contribution in [0.15, 0.2) is 0 Å². The number of rotatable bonds is 7. The molecule has 1 fully saturated rings. The number of nitrogens with two attached hydrogens (primary N) is 1. The summed E-state index contributed by atoms with van der Waals surface area (Å²) in [5, 5.41) is 3.35. The first kappa shape index (κ1) is 15.8. The van der Waals surface area contributed by atoms with Crippen LogP contribution in [0.2, 0.25) is 0 Å².